The third-order valence-electron chi connectivity index (χ3n) is 3.63. The zero-order valence-corrected chi connectivity index (χ0v) is 13.9. The van der Waals surface area contributed by atoms with Gasteiger partial charge in [0.2, 0.25) is 0 Å². The maximum Gasteiger partial charge on any atom is 0.261 e. The molecule has 2 aromatic heterocycles. The van der Waals surface area contributed by atoms with Gasteiger partial charge in [-0.3, -0.25) is 4.79 Å². The summed E-state index contributed by atoms with van der Waals surface area (Å²) in [5, 5.41) is 0. The monoisotopic (exact) mass is 346 g/mol. The van der Waals surface area contributed by atoms with Gasteiger partial charge in [-0.15, -0.1) is 0 Å². The standard InChI is InChI=1S/C15H15BrN4O/c1-8-5-9(2)18-14-12(8)19(3)15(21)11-6-10(16)7-17-13(11)20(14)4/h5-7H,1-4H3. The van der Waals surface area contributed by atoms with Crippen molar-refractivity contribution < 1.29 is 4.79 Å². The van der Waals surface area contributed by atoms with Crippen LogP contribution >= 0.6 is 15.9 Å². The summed E-state index contributed by atoms with van der Waals surface area (Å²) in [4.78, 5) is 25.3. The second-order valence-electron chi connectivity index (χ2n) is 5.20. The predicted molar refractivity (Wildman–Crippen MR) is 86.4 cm³/mol. The van der Waals surface area contributed by atoms with Crippen molar-refractivity contribution in [3.63, 3.8) is 0 Å². The highest BCUT2D eigenvalue weighted by molar-refractivity contribution is 9.10. The van der Waals surface area contributed by atoms with Crippen LogP contribution in [0.25, 0.3) is 0 Å². The van der Waals surface area contributed by atoms with Crippen molar-refractivity contribution in [1.82, 2.24) is 9.97 Å². The molecule has 0 bridgehead atoms. The Labute approximate surface area is 131 Å². The Morgan fingerprint density at radius 2 is 1.81 bits per heavy atom. The van der Waals surface area contributed by atoms with Gasteiger partial charge in [0.25, 0.3) is 5.91 Å². The lowest BCUT2D eigenvalue weighted by Gasteiger charge is -2.22. The third-order valence-corrected chi connectivity index (χ3v) is 4.07. The van der Waals surface area contributed by atoms with Crippen molar-refractivity contribution in [1.29, 1.82) is 0 Å². The van der Waals surface area contributed by atoms with E-state index < -0.39 is 0 Å². The first-order valence-electron chi connectivity index (χ1n) is 6.55. The van der Waals surface area contributed by atoms with E-state index in [2.05, 4.69) is 25.9 Å². The summed E-state index contributed by atoms with van der Waals surface area (Å²) in [6.07, 6.45) is 1.69. The molecular weight excluding hydrogens is 332 g/mol. The molecule has 3 heterocycles. The Bertz CT molecular complexity index is 760. The fourth-order valence-corrected chi connectivity index (χ4v) is 3.03. The van der Waals surface area contributed by atoms with Gasteiger partial charge >= 0.3 is 0 Å². The minimum atomic E-state index is -0.0850. The smallest absolute Gasteiger partial charge is 0.261 e. The zero-order valence-electron chi connectivity index (χ0n) is 12.3. The Balaban J connectivity index is 2.35. The summed E-state index contributed by atoms with van der Waals surface area (Å²) >= 11 is 3.38. The van der Waals surface area contributed by atoms with E-state index in [0.29, 0.717) is 11.4 Å². The Morgan fingerprint density at radius 1 is 1.10 bits per heavy atom. The van der Waals surface area contributed by atoms with Crippen molar-refractivity contribution in [2.24, 2.45) is 0 Å². The summed E-state index contributed by atoms with van der Waals surface area (Å²) in [5.74, 6) is 1.28. The first-order chi connectivity index (χ1) is 9.90. The topological polar surface area (TPSA) is 49.3 Å². The lowest BCUT2D eigenvalue weighted by atomic mass is 10.2. The van der Waals surface area contributed by atoms with Gasteiger partial charge in [-0.05, 0) is 47.5 Å². The molecule has 6 heteroatoms. The second kappa shape index (κ2) is 4.80. The Morgan fingerprint density at radius 3 is 2.52 bits per heavy atom. The molecule has 0 saturated carbocycles. The molecule has 0 unspecified atom stereocenters. The maximum atomic E-state index is 12.7. The van der Waals surface area contributed by atoms with Gasteiger partial charge in [0.05, 0.1) is 11.3 Å². The molecule has 0 spiro atoms. The summed E-state index contributed by atoms with van der Waals surface area (Å²) in [5.41, 5.74) is 3.32. The molecular formula is C15H15BrN4O. The number of amides is 1. The minimum Gasteiger partial charge on any atom is -0.312 e. The molecule has 0 aromatic carbocycles. The van der Waals surface area contributed by atoms with E-state index in [1.54, 1.807) is 24.2 Å². The number of rotatable bonds is 0. The molecule has 0 atom stereocenters. The van der Waals surface area contributed by atoms with Crippen LogP contribution in [0.4, 0.5) is 17.3 Å². The van der Waals surface area contributed by atoms with Crippen LogP contribution in [0.1, 0.15) is 21.6 Å². The number of hydrogen-bond acceptors (Lipinski definition) is 4. The average molecular weight is 347 g/mol. The van der Waals surface area contributed by atoms with Crippen LogP contribution in [-0.4, -0.2) is 30.0 Å². The van der Waals surface area contributed by atoms with Crippen molar-refractivity contribution in [2.75, 3.05) is 23.9 Å². The van der Waals surface area contributed by atoms with Crippen LogP contribution in [0.2, 0.25) is 0 Å². The summed E-state index contributed by atoms with van der Waals surface area (Å²) in [6, 6.07) is 3.78. The van der Waals surface area contributed by atoms with Crippen LogP contribution in [0.5, 0.6) is 0 Å². The first-order valence-corrected chi connectivity index (χ1v) is 7.35. The number of fused-ring (bicyclic) bond motifs is 2. The summed E-state index contributed by atoms with van der Waals surface area (Å²) < 4.78 is 0.781. The highest BCUT2D eigenvalue weighted by Crippen LogP contribution is 2.39. The van der Waals surface area contributed by atoms with E-state index in [4.69, 9.17) is 0 Å². The van der Waals surface area contributed by atoms with Crippen LogP contribution < -0.4 is 9.80 Å². The van der Waals surface area contributed by atoms with Crippen molar-refractivity contribution in [3.8, 4) is 0 Å². The van der Waals surface area contributed by atoms with Gasteiger partial charge in [0.1, 0.15) is 5.82 Å². The van der Waals surface area contributed by atoms with E-state index in [1.807, 2.05) is 31.9 Å². The highest BCUT2D eigenvalue weighted by Gasteiger charge is 2.30. The molecule has 0 fully saturated rings. The molecule has 3 rings (SSSR count). The molecule has 108 valence electrons. The van der Waals surface area contributed by atoms with Gasteiger partial charge < -0.3 is 9.80 Å². The number of aromatic nitrogens is 2. The Hall–Kier alpha value is -1.95. The van der Waals surface area contributed by atoms with Crippen LogP contribution in [-0.2, 0) is 0 Å². The quantitative estimate of drug-likeness (QED) is 0.734. The molecule has 1 amide bonds. The van der Waals surface area contributed by atoms with Gasteiger partial charge in [-0.2, -0.15) is 0 Å². The first kappa shape index (κ1) is 14.0. The van der Waals surface area contributed by atoms with E-state index >= 15 is 0 Å². The minimum absolute atomic E-state index is 0.0850. The normalized spacial score (nSPS) is 13.9. The third kappa shape index (κ3) is 2.10. The number of hydrogen-bond donors (Lipinski definition) is 0. The van der Waals surface area contributed by atoms with Crippen molar-refractivity contribution >= 4 is 39.2 Å². The maximum absolute atomic E-state index is 12.7. The number of anilines is 3. The fourth-order valence-electron chi connectivity index (χ4n) is 2.70. The second-order valence-corrected chi connectivity index (χ2v) is 6.12. The molecule has 0 radical (unpaired) electrons. The molecule has 1 aliphatic heterocycles. The van der Waals surface area contributed by atoms with Crippen LogP contribution in [0.15, 0.2) is 22.8 Å². The summed E-state index contributed by atoms with van der Waals surface area (Å²) in [6.45, 7) is 3.94. The van der Waals surface area contributed by atoms with Gasteiger partial charge in [0, 0.05) is 30.5 Å². The largest absolute Gasteiger partial charge is 0.312 e. The average Bonchev–Trinajstić information content (AvgIpc) is 2.50. The summed E-state index contributed by atoms with van der Waals surface area (Å²) in [7, 11) is 3.66. The molecule has 0 aliphatic carbocycles. The predicted octanol–water partition coefficient (Wildman–Crippen LogP) is 3.21. The fraction of sp³-hybridized carbons (Fsp3) is 0.267. The highest BCUT2D eigenvalue weighted by atomic mass is 79.9. The number of carbonyl (C=O) groups is 1. The Kier molecular flexibility index (Phi) is 3.20. The molecule has 0 saturated heterocycles. The number of aryl methyl sites for hydroxylation is 2. The van der Waals surface area contributed by atoms with Gasteiger partial charge in [0.15, 0.2) is 5.82 Å². The molecule has 0 N–H and O–H groups in total. The number of nitrogens with zero attached hydrogens (tertiary/aromatic N) is 4. The lowest BCUT2D eigenvalue weighted by molar-refractivity contribution is 0.0994. The zero-order chi connectivity index (χ0) is 15.3. The lowest BCUT2D eigenvalue weighted by Crippen LogP contribution is -2.26. The molecule has 1 aliphatic rings. The number of halogens is 1. The van der Waals surface area contributed by atoms with Crippen LogP contribution in [0.3, 0.4) is 0 Å². The van der Waals surface area contributed by atoms with Crippen LogP contribution in [0, 0.1) is 13.8 Å². The SMILES string of the molecule is Cc1cc(C)c2c(n1)N(C)c1ncc(Br)cc1C(=O)N2C. The number of pyridine rings is 2. The molecule has 21 heavy (non-hydrogen) atoms. The number of carbonyl (C=O) groups excluding carboxylic acids is 1. The van der Waals surface area contributed by atoms with E-state index in [0.717, 1.165) is 27.2 Å². The molecule has 5 nitrogen and oxygen atoms in total. The van der Waals surface area contributed by atoms with E-state index in [9.17, 15) is 4.79 Å². The van der Waals surface area contributed by atoms with Gasteiger partial charge in [-0.25, -0.2) is 9.97 Å². The van der Waals surface area contributed by atoms with Gasteiger partial charge in [-0.1, -0.05) is 0 Å². The van der Waals surface area contributed by atoms with Crippen molar-refractivity contribution in [2.45, 2.75) is 13.8 Å². The van der Waals surface area contributed by atoms with E-state index in [-0.39, 0.29) is 5.91 Å². The van der Waals surface area contributed by atoms with Crippen molar-refractivity contribution in [3.05, 3.63) is 39.6 Å². The van der Waals surface area contributed by atoms with E-state index in [1.165, 1.54) is 0 Å². The molecule has 2 aromatic rings.